The maximum atomic E-state index is 12.3. The Hall–Kier alpha value is -2.03. The van der Waals surface area contributed by atoms with Crippen molar-refractivity contribution in [1.29, 1.82) is 0 Å². The van der Waals surface area contributed by atoms with E-state index in [-0.39, 0.29) is 12.6 Å². The van der Waals surface area contributed by atoms with E-state index in [1.54, 1.807) is 0 Å². The molecule has 0 saturated carbocycles. The predicted molar refractivity (Wildman–Crippen MR) is 147 cm³/mol. The van der Waals surface area contributed by atoms with Crippen LogP contribution in [-0.4, -0.2) is 48.4 Å². The Morgan fingerprint density at radius 2 is 1.29 bits per heavy atom. The first-order valence-corrected chi connectivity index (χ1v) is 14.0. The van der Waals surface area contributed by atoms with Crippen molar-refractivity contribution in [3.63, 3.8) is 0 Å². The highest BCUT2D eigenvalue weighted by Crippen LogP contribution is 2.53. The third-order valence-electron chi connectivity index (χ3n) is 6.25. The van der Waals surface area contributed by atoms with E-state index in [4.69, 9.17) is 28.4 Å². The zero-order valence-electron chi connectivity index (χ0n) is 23.7. The summed E-state index contributed by atoms with van der Waals surface area (Å²) in [4.78, 5) is 12.3. The molecule has 0 aromatic rings. The maximum absolute atomic E-state index is 12.3. The van der Waals surface area contributed by atoms with Crippen molar-refractivity contribution in [3.8, 4) is 0 Å². The molecule has 0 amide bonds. The zero-order chi connectivity index (χ0) is 27.5. The second-order valence-corrected chi connectivity index (χ2v) is 10.7. The van der Waals surface area contributed by atoms with Crippen LogP contribution in [0.15, 0.2) is 60.8 Å². The molecule has 212 valence electrons. The minimum Gasteiger partial charge on any atom is -0.463 e. The van der Waals surface area contributed by atoms with Crippen LogP contribution in [0.3, 0.4) is 0 Å². The number of ether oxygens (including phenoxy) is 6. The second-order valence-electron chi connectivity index (χ2n) is 10.7. The fourth-order valence-electron chi connectivity index (χ4n) is 4.65. The fraction of sp³-hybridized carbons (Fsp3) is 0.645. The molecule has 0 radical (unpaired) electrons. The van der Waals surface area contributed by atoms with Gasteiger partial charge >= 0.3 is 11.9 Å². The minimum absolute atomic E-state index is 0.0655. The maximum Gasteiger partial charge on any atom is 0.319 e. The SMILES string of the molecule is CC/C=C\C/C=C\C/C=C\C/C=C\C/C=C\CCCC(=O)OC[C@H]1OC2(OC(C)(C)O2)[C@@H]2OC(C)(C)O[C@@H]21. The highest BCUT2D eigenvalue weighted by Gasteiger charge is 2.72. The third kappa shape index (κ3) is 9.31. The number of unbranched alkanes of at least 4 members (excludes halogenated alkanes) is 1. The van der Waals surface area contributed by atoms with Gasteiger partial charge in [-0.15, -0.1) is 0 Å². The van der Waals surface area contributed by atoms with Crippen molar-refractivity contribution in [3.05, 3.63) is 60.8 Å². The first-order chi connectivity index (χ1) is 18.2. The Labute approximate surface area is 228 Å². The summed E-state index contributed by atoms with van der Waals surface area (Å²) in [5.74, 6) is -3.11. The first-order valence-electron chi connectivity index (χ1n) is 14.0. The van der Waals surface area contributed by atoms with Gasteiger partial charge in [0.1, 0.15) is 18.8 Å². The number of hydrogen-bond acceptors (Lipinski definition) is 7. The smallest absolute Gasteiger partial charge is 0.319 e. The largest absolute Gasteiger partial charge is 0.463 e. The topological polar surface area (TPSA) is 72.5 Å². The predicted octanol–water partition coefficient (Wildman–Crippen LogP) is 6.81. The molecule has 3 heterocycles. The first kappa shape index (κ1) is 30.5. The van der Waals surface area contributed by atoms with Crippen LogP contribution in [0.5, 0.6) is 0 Å². The molecule has 0 unspecified atom stereocenters. The fourth-order valence-corrected chi connectivity index (χ4v) is 4.65. The summed E-state index contributed by atoms with van der Waals surface area (Å²) in [5, 5.41) is 0. The summed E-state index contributed by atoms with van der Waals surface area (Å²) in [6, 6.07) is 0. The van der Waals surface area contributed by atoms with Gasteiger partial charge in [0.25, 0.3) is 0 Å². The monoisotopic (exact) mass is 530 g/mol. The molecule has 38 heavy (non-hydrogen) atoms. The molecule has 7 heteroatoms. The molecular weight excluding hydrogens is 484 g/mol. The molecule has 3 aliphatic heterocycles. The van der Waals surface area contributed by atoms with Crippen molar-refractivity contribution in [2.24, 2.45) is 0 Å². The molecule has 0 aromatic heterocycles. The molecule has 1 spiro atoms. The van der Waals surface area contributed by atoms with E-state index in [0.717, 1.165) is 44.9 Å². The van der Waals surface area contributed by atoms with E-state index < -0.39 is 35.9 Å². The van der Waals surface area contributed by atoms with Gasteiger partial charge in [0.05, 0.1) is 0 Å². The van der Waals surface area contributed by atoms with E-state index in [9.17, 15) is 4.79 Å². The molecule has 3 atom stereocenters. The van der Waals surface area contributed by atoms with E-state index in [0.29, 0.717) is 6.42 Å². The standard InChI is InChI=1S/C31H46O7/c1-6-7-8-9-10-11-12-13-14-15-16-17-18-19-20-21-22-23-26(32)33-24-25-27-28(36-29(2,3)35-27)31(34-25)37-30(4,5)38-31/h7-8,10-11,13-14,16-17,19-20,25,27-28H,6,9,12,15,18,21-24H2,1-5H3/b8-7-,11-10-,14-13-,17-16-,20-19-/t25-,27-,28-/m1/s1. The quantitative estimate of drug-likeness (QED) is 0.131. The van der Waals surface area contributed by atoms with Gasteiger partial charge in [-0.05, 0) is 72.6 Å². The Balaban J connectivity index is 1.23. The van der Waals surface area contributed by atoms with Crippen molar-refractivity contribution in [2.75, 3.05) is 6.61 Å². The average Bonchev–Trinajstić information content (AvgIpc) is 3.30. The van der Waals surface area contributed by atoms with Crippen molar-refractivity contribution < 1.29 is 33.2 Å². The van der Waals surface area contributed by atoms with Gasteiger partial charge in [0.15, 0.2) is 17.7 Å². The third-order valence-corrected chi connectivity index (χ3v) is 6.25. The highest BCUT2D eigenvalue weighted by molar-refractivity contribution is 5.69. The molecule has 3 aliphatic rings. The van der Waals surface area contributed by atoms with Crippen LogP contribution >= 0.6 is 0 Å². The lowest BCUT2D eigenvalue weighted by molar-refractivity contribution is -0.586. The minimum atomic E-state index is -1.31. The van der Waals surface area contributed by atoms with E-state index in [1.807, 2.05) is 27.7 Å². The van der Waals surface area contributed by atoms with Crippen LogP contribution < -0.4 is 0 Å². The van der Waals surface area contributed by atoms with Gasteiger partial charge in [-0.1, -0.05) is 67.7 Å². The van der Waals surface area contributed by atoms with Gasteiger partial charge in [0, 0.05) is 6.42 Å². The van der Waals surface area contributed by atoms with Gasteiger partial charge in [-0.3, -0.25) is 14.3 Å². The summed E-state index contributed by atoms with van der Waals surface area (Å²) in [6.07, 6.45) is 27.1. The number of carbonyl (C=O) groups excluding carboxylic acids is 1. The van der Waals surface area contributed by atoms with Gasteiger partial charge in [-0.2, -0.15) is 0 Å². The summed E-state index contributed by atoms with van der Waals surface area (Å²) in [5.41, 5.74) is 0. The van der Waals surface area contributed by atoms with Crippen molar-refractivity contribution in [2.45, 2.75) is 122 Å². The lowest BCUT2D eigenvalue weighted by Crippen LogP contribution is -2.65. The van der Waals surface area contributed by atoms with E-state index in [1.165, 1.54) is 0 Å². The van der Waals surface area contributed by atoms with Crippen LogP contribution in [0.4, 0.5) is 0 Å². The molecule has 3 saturated heterocycles. The number of rotatable bonds is 15. The van der Waals surface area contributed by atoms with Gasteiger partial charge < -0.3 is 18.9 Å². The molecule has 0 bridgehead atoms. The van der Waals surface area contributed by atoms with Gasteiger partial charge in [0.2, 0.25) is 0 Å². The van der Waals surface area contributed by atoms with Crippen molar-refractivity contribution >= 4 is 5.97 Å². The number of fused-ring (bicyclic) bond motifs is 2. The van der Waals surface area contributed by atoms with Gasteiger partial charge in [-0.25, -0.2) is 0 Å². The molecule has 7 nitrogen and oxygen atoms in total. The number of carbonyl (C=O) groups is 1. The molecule has 0 aromatic carbocycles. The molecule has 0 N–H and O–H groups in total. The average molecular weight is 531 g/mol. The normalized spacial score (nSPS) is 27.4. The molecule has 3 rings (SSSR count). The summed E-state index contributed by atoms with van der Waals surface area (Å²) >= 11 is 0. The van der Waals surface area contributed by atoms with Crippen LogP contribution in [0.1, 0.15) is 86.0 Å². The lowest BCUT2D eigenvalue weighted by Gasteiger charge is -2.51. The zero-order valence-corrected chi connectivity index (χ0v) is 23.7. The molecular formula is C31H46O7. The molecule has 0 aliphatic carbocycles. The van der Waals surface area contributed by atoms with Crippen LogP contribution in [-0.2, 0) is 33.2 Å². The van der Waals surface area contributed by atoms with Crippen LogP contribution in [0, 0.1) is 0 Å². The second kappa shape index (κ2) is 14.4. The van der Waals surface area contributed by atoms with E-state index >= 15 is 0 Å². The Kier molecular flexibility index (Phi) is 11.5. The summed E-state index contributed by atoms with van der Waals surface area (Å²) in [6.45, 7) is 9.49. The number of allylic oxidation sites excluding steroid dienone is 10. The summed E-state index contributed by atoms with van der Waals surface area (Å²) in [7, 11) is 0. The highest BCUT2D eigenvalue weighted by atomic mass is 17.0. The Bertz CT molecular complexity index is 888. The Morgan fingerprint density at radius 3 is 1.84 bits per heavy atom. The summed E-state index contributed by atoms with van der Waals surface area (Å²) < 4.78 is 35.2. The van der Waals surface area contributed by atoms with Crippen LogP contribution in [0.25, 0.3) is 0 Å². The Morgan fingerprint density at radius 1 is 0.737 bits per heavy atom. The number of esters is 1. The lowest BCUT2D eigenvalue weighted by atomic mass is 10.1. The molecule has 3 fully saturated rings. The van der Waals surface area contributed by atoms with E-state index in [2.05, 4.69) is 67.7 Å². The van der Waals surface area contributed by atoms with Crippen molar-refractivity contribution in [1.82, 2.24) is 0 Å². The number of hydrogen-bond donors (Lipinski definition) is 0. The van der Waals surface area contributed by atoms with Crippen LogP contribution in [0.2, 0.25) is 0 Å².